The van der Waals surface area contributed by atoms with Crippen molar-refractivity contribution < 1.29 is 24.2 Å². The van der Waals surface area contributed by atoms with Gasteiger partial charge in [0.05, 0.1) is 25.2 Å². The standard InChI is InChI=1S/C25H39NO5Si/c1-24(29)21(15-16-30-17-19-11-7-5-8-12-19)23(28)26-25(24,18-27)22(31-32(2,3)4)20-13-9-6-10-14-20/h5,7-9,11-13,20-22,27,29H,6,10,14-18H2,1-4H3,(H,26,28)/t20-,21+,22-,24+,25-/m1/s1. The van der Waals surface area contributed by atoms with Crippen LogP contribution >= 0.6 is 0 Å². The van der Waals surface area contributed by atoms with Crippen molar-refractivity contribution in [2.75, 3.05) is 13.2 Å². The molecule has 0 aromatic heterocycles. The SMILES string of the molecule is C[C@]1(O)[C@@H](CCOCc2ccccc2)C(=O)N[C@]1(CO)[C@H](O[Si](C)(C)C)[C@@H]1C=CCCC1. The van der Waals surface area contributed by atoms with Crippen LogP contribution in [-0.2, 0) is 20.6 Å². The molecule has 1 fully saturated rings. The number of aliphatic hydroxyl groups excluding tert-OH is 1. The van der Waals surface area contributed by atoms with E-state index >= 15 is 0 Å². The molecule has 6 nitrogen and oxygen atoms in total. The molecule has 1 aromatic rings. The summed E-state index contributed by atoms with van der Waals surface area (Å²) in [6.07, 6.45) is 7.10. The van der Waals surface area contributed by atoms with Crippen LogP contribution in [0.15, 0.2) is 42.5 Å². The van der Waals surface area contributed by atoms with Crippen LogP contribution < -0.4 is 5.32 Å². The predicted molar refractivity (Wildman–Crippen MR) is 127 cm³/mol. The van der Waals surface area contributed by atoms with Gasteiger partial charge in [0.25, 0.3) is 0 Å². The fourth-order valence-electron chi connectivity index (χ4n) is 5.05. The maximum absolute atomic E-state index is 13.1. The number of rotatable bonds is 10. The van der Waals surface area contributed by atoms with E-state index in [-0.39, 0.29) is 18.4 Å². The molecular formula is C25H39NO5Si. The fourth-order valence-corrected chi connectivity index (χ4v) is 6.19. The van der Waals surface area contributed by atoms with Crippen molar-refractivity contribution in [3.05, 3.63) is 48.0 Å². The Hall–Kier alpha value is -1.51. The molecule has 0 bridgehead atoms. The van der Waals surface area contributed by atoms with Crippen molar-refractivity contribution in [1.29, 1.82) is 0 Å². The minimum absolute atomic E-state index is 0.0301. The maximum Gasteiger partial charge on any atom is 0.226 e. The summed E-state index contributed by atoms with van der Waals surface area (Å²) in [4.78, 5) is 13.1. The Morgan fingerprint density at radius 3 is 2.56 bits per heavy atom. The van der Waals surface area contributed by atoms with E-state index in [9.17, 15) is 15.0 Å². The van der Waals surface area contributed by atoms with Gasteiger partial charge in [0.1, 0.15) is 11.1 Å². The summed E-state index contributed by atoms with van der Waals surface area (Å²) < 4.78 is 12.4. The van der Waals surface area contributed by atoms with Crippen molar-refractivity contribution in [2.24, 2.45) is 11.8 Å². The number of benzene rings is 1. The summed E-state index contributed by atoms with van der Waals surface area (Å²) in [6, 6.07) is 9.86. The van der Waals surface area contributed by atoms with Gasteiger partial charge in [-0.1, -0.05) is 42.5 Å². The van der Waals surface area contributed by atoms with Gasteiger partial charge in [-0.3, -0.25) is 4.79 Å². The Morgan fingerprint density at radius 1 is 1.25 bits per heavy atom. The van der Waals surface area contributed by atoms with E-state index in [0.29, 0.717) is 19.6 Å². The summed E-state index contributed by atoms with van der Waals surface area (Å²) in [7, 11) is -2.04. The van der Waals surface area contributed by atoms with Crippen molar-refractivity contribution in [1.82, 2.24) is 5.32 Å². The van der Waals surface area contributed by atoms with Crippen LogP contribution in [0.2, 0.25) is 19.6 Å². The monoisotopic (exact) mass is 461 g/mol. The lowest BCUT2D eigenvalue weighted by Gasteiger charge is -2.49. The largest absolute Gasteiger partial charge is 0.412 e. The van der Waals surface area contributed by atoms with E-state index in [1.165, 1.54) is 0 Å². The molecule has 3 N–H and O–H groups in total. The molecule has 1 aliphatic carbocycles. The number of aliphatic hydroxyl groups is 2. The minimum atomic E-state index is -2.04. The van der Waals surface area contributed by atoms with E-state index in [1.54, 1.807) is 6.92 Å². The molecule has 178 valence electrons. The third-order valence-corrected chi connectivity index (χ3v) is 7.76. The van der Waals surface area contributed by atoms with Gasteiger partial charge in [0.15, 0.2) is 8.32 Å². The number of nitrogens with one attached hydrogen (secondary N) is 1. The van der Waals surface area contributed by atoms with Crippen LogP contribution in [0.1, 0.15) is 38.2 Å². The first-order valence-electron chi connectivity index (χ1n) is 11.7. The summed E-state index contributed by atoms with van der Waals surface area (Å²) in [5.74, 6) is -0.912. The molecule has 1 aromatic carbocycles. The summed E-state index contributed by atoms with van der Waals surface area (Å²) in [5.41, 5.74) is -1.68. The average Bonchev–Trinajstić information content (AvgIpc) is 2.95. The van der Waals surface area contributed by atoms with Crippen LogP contribution in [-0.4, -0.2) is 54.9 Å². The van der Waals surface area contributed by atoms with Gasteiger partial charge in [0.2, 0.25) is 5.91 Å². The number of ether oxygens (including phenoxy) is 1. The third kappa shape index (κ3) is 5.34. The third-order valence-electron chi connectivity index (χ3n) is 6.80. The quantitative estimate of drug-likeness (QED) is 0.282. The lowest BCUT2D eigenvalue weighted by atomic mass is 9.68. The summed E-state index contributed by atoms with van der Waals surface area (Å²) in [5, 5.41) is 25.4. The molecule has 2 aliphatic rings. The lowest BCUT2D eigenvalue weighted by molar-refractivity contribution is -0.128. The van der Waals surface area contributed by atoms with Crippen LogP contribution in [0, 0.1) is 11.8 Å². The number of allylic oxidation sites excluding steroid dienone is 1. The molecular weight excluding hydrogens is 422 g/mol. The van der Waals surface area contributed by atoms with Gasteiger partial charge in [-0.05, 0) is 57.8 Å². The number of hydrogen-bond donors (Lipinski definition) is 3. The Kier molecular flexibility index (Phi) is 7.99. The van der Waals surface area contributed by atoms with Crippen molar-refractivity contribution >= 4 is 14.2 Å². The average molecular weight is 462 g/mol. The highest BCUT2D eigenvalue weighted by Crippen LogP contribution is 2.45. The molecule has 1 amide bonds. The fraction of sp³-hybridized carbons (Fsp3) is 0.640. The molecule has 1 aliphatic heterocycles. The second kappa shape index (κ2) is 10.2. The highest BCUT2D eigenvalue weighted by atomic mass is 28.4. The zero-order chi connectivity index (χ0) is 23.4. The first kappa shape index (κ1) is 25.1. The number of carbonyl (C=O) groups is 1. The van der Waals surface area contributed by atoms with Gasteiger partial charge in [0, 0.05) is 12.5 Å². The second-order valence-corrected chi connectivity index (χ2v) is 14.8. The molecule has 1 saturated heterocycles. The van der Waals surface area contributed by atoms with Crippen LogP contribution in [0.25, 0.3) is 0 Å². The molecule has 7 heteroatoms. The highest BCUT2D eigenvalue weighted by Gasteiger charge is 2.65. The Labute approximate surface area is 193 Å². The first-order valence-corrected chi connectivity index (χ1v) is 15.1. The van der Waals surface area contributed by atoms with Gasteiger partial charge in [-0.25, -0.2) is 0 Å². The van der Waals surface area contributed by atoms with Crippen LogP contribution in [0.5, 0.6) is 0 Å². The molecule has 0 saturated carbocycles. The predicted octanol–water partition coefficient (Wildman–Crippen LogP) is 3.40. The summed E-state index contributed by atoms with van der Waals surface area (Å²) in [6.45, 7) is 8.36. The van der Waals surface area contributed by atoms with Gasteiger partial charge >= 0.3 is 0 Å². The summed E-state index contributed by atoms with van der Waals surface area (Å²) >= 11 is 0. The smallest absolute Gasteiger partial charge is 0.226 e. The molecule has 5 atom stereocenters. The van der Waals surface area contributed by atoms with Crippen LogP contribution in [0.3, 0.4) is 0 Å². The molecule has 3 rings (SSSR count). The zero-order valence-electron chi connectivity index (χ0n) is 19.8. The first-order chi connectivity index (χ1) is 15.1. The molecule has 0 radical (unpaired) electrons. The molecule has 0 unspecified atom stereocenters. The van der Waals surface area contributed by atoms with Crippen LogP contribution in [0.4, 0.5) is 0 Å². The Bertz CT molecular complexity index is 791. The number of carbonyl (C=O) groups excluding carboxylic acids is 1. The van der Waals surface area contributed by atoms with Gasteiger partial charge < -0.3 is 24.7 Å². The zero-order valence-corrected chi connectivity index (χ0v) is 20.8. The Morgan fingerprint density at radius 2 is 1.97 bits per heavy atom. The number of amides is 1. The highest BCUT2D eigenvalue weighted by molar-refractivity contribution is 6.69. The lowest BCUT2D eigenvalue weighted by Crippen LogP contribution is -2.69. The van der Waals surface area contributed by atoms with Crippen molar-refractivity contribution in [3.63, 3.8) is 0 Å². The second-order valence-electron chi connectivity index (χ2n) is 10.3. The van der Waals surface area contributed by atoms with Crippen molar-refractivity contribution in [2.45, 2.75) is 76.1 Å². The normalized spacial score (nSPS) is 31.5. The maximum atomic E-state index is 13.1. The van der Waals surface area contributed by atoms with E-state index < -0.39 is 31.5 Å². The van der Waals surface area contributed by atoms with Gasteiger partial charge in [-0.15, -0.1) is 0 Å². The minimum Gasteiger partial charge on any atom is -0.412 e. The number of hydrogen-bond acceptors (Lipinski definition) is 5. The molecule has 0 spiro atoms. The topological polar surface area (TPSA) is 88.0 Å². The van der Waals surface area contributed by atoms with E-state index in [2.05, 4.69) is 37.1 Å². The van der Waals surface area contributed by atoms with E-state index in [1.807, 2.05) is 30.3 Å². The Balaban J connectivity index is 1.79. The van der Waals surface area contributed by atoms with Gasteiger partial charge in [-0.2, -0.15) is 0 Å². The molecule has 32 heavy (non-hydrogen) atoms. The van der Waals surface area contributed by atoms with E-state index in [4.69, 9.17) is 9.16 Å². The van der Waals surface area contributed by atoms with E-state index in [0.717, 1.165) is 24.8 Å². The van der Waals surface area contributed by atoms with Crippen molar-refractivity contribution in [3.8, 4) is 0 Å². The molecule has 1 heterocycles.